The van der Waals surface area contributed by atoms with Gasteiger partial charge in [0.2, 0.25) is 0 Å². The molecule has 0 aliphatic heterocycles. The van der Waals surface area contributed by atoms with Crippen LogP contribution < -0.4 is 5.32 Å². The van der Waals surface area contributed by atoms with Crippen LogP contribution in [0.3, 0.4) is 0 Å². The van der Waals surface area contributed by atoms with E-state index in [1.165, 1.54) is 0 Å². The van der Waals surface area contributed by atoms with Crippen LogP contribution in [-0.4, -0.2) is 24.0 Å². The third-order valence-electron chi connectivity index (χ3n) is 3.32. The lowest BCUT2D eigenvalue weighted by Crippen LogP contribution is -2.24. The van der Waals surface area contributed by atoms with Crippen LogP contribution >= 0.6 is 0 Å². The van der Waals surface area contributed by atoms with Crippen molar-refractivity contribution in [2.75, 3.05) is 6.54 Å². The number of para-hydroxylation sites is 1. The second-order valence-corrected chi connectivity index (χ2v) is 5.08. The van der Waals surface area contributed by atoms with Gasteiger partial charge in [0.1, 0.15) is 12.4 Å². The second-order valence-electron chi connectivity index (χ2n) is 5.08. The third kappa shape index (κ3) is 5.28. The number of hydrogen-bond acceptors (Lipinski definition) is 4. The fourth-order valence-corrected chi connectivity index (χ4v) is 2.05. The van der Waals surface area contributed by atoms with Crippen molar-refractivity contribution in [3.05, 3.63) is 71.3 Å². The van der Waals surface area contributed by atoms with E-state index in [-0.39, 0.29) is 17.9 Å². The van der Waals surface area contributed by atoms with E-state index >= 15 is 0 Å². The van der Waals surface area contributed by atoms with Crippen molar-refractivity contribution in [1.82, 2.24) is 5.32 Å². The summed E-state index contributed by atoms with van der Waals surface area (Å²) >= 11 is 0. The van der Waals surface area contributed by atoms with Crippen LogP contribution in [-0.2, 0) is 11.3 Å². The van der Waals surface area contributed by atoms with Gasteiger partial charge >= 0.3 is 6.09 Å². The quantitative estimate of drug-likeness (QED) is 0.603. The van der Waals surface area contributed by atoms with Crippen LogP contribution in [0.25, 0.3) is 6.08 Å². The third-order valence-corrected chi connectivity index (χ3v) is 3.32. The van der Waals surface area contributed by atoms with Crippen LogP contribution in [0.4, 0.5) is 4.79 Å². The SMILES string of the molecule is O=Cc1cccc(C=CCCNC(=O)OCc2ccccc2)c1O. The van der Waals surface area contributed by atoms with Crippen molar-refractivity contribution in [1.29, 1.82) is 0 Å². The Morgan fingerprint density at radius 3 is 2.58 bits per heavy atom. The molecule has 2 aromatic rings. The minimum atomic E-state index is -0.474. The smallest absolute Gasteiger partial charge is 0.407 e. The summed E-state index contributed by atoms with van der Waals surface area (Å²) in [5, 5.41) is 12.5. The molecule has 2 rings (SSSR count). The Morgan fingerprint density at radius 1 is 1.08 bits per heavy atom. The summed E-state index contributed by atoms with van der Waals surface area (Å²) in [6.07, 6.45) is 4.22. The molecular formula is C19H19NO4. The van der Waals surface area contributed by atoms with E-state index in [1.807, 2.05) is 30.3 Å². The van der Waals surface area contributed by atoms with Crippen molar-refractivity contribution in [2.24, 2.45) is 0 Å². The number of aromatic hydroxyl groups is 1. The summed E-state index contributed by atoms with van der Waals surface area (Å²) in [5.74, 6) is -0.0426. The van der Waals surface area contributed by atoms with Crippen LogP contribution in [0.2, 0.25) is 0 Å². The standard InChI is InChI=1S/C19H19NO4/c21-13-17-11-6-10-16(18(17)22)9-4-5-12-20-19(23)24-14-15-7-2-1-3-8-15/h1-4,6-11,13,22H,5,12,14H2,(H,20,23). The first-order valence-electron chi connectivity index (χ1n) is 7.59. The van der Waals surface area contributed by atoms with Crippen molar-refractivity contribution in [3.8, 4) is 5.75 Å². The van der Waals surface area contributed by atoms with E-state index in [9.17, 15) is 14.7 Å². The molecule has 0 spiro atoms. The van der Waals surface area contributed by atoms with Gasteiger partial charge in [-0.1, -0.05) is 54.6 Å². The maximum atomic E-state index is 11.6. The molecule has 0 heterocycles. The zero-order chi connectivity index (χ0) is 17.2. The summed E-state index contributed by atoms with van der Waals surface area (Å²) in [6, 6.07) is 14.4. The number of ether oxygens (including phenoxy) is 1. The summed E-state index contributed by atoms with van der Waals surface area (Å²) in [5.41, 5.74) is 1.74. The van der Waals surface area contributed by atoms with Gasteiger partial charge in [-0.05, 0) is 18.1 Å². The monoisotopic (exact) mass is 325 g/mol. The molecule has 2 N–H and O–H groups in total. The first-order chi connectivity index (χ1) is 11.7. The van der Waals surface area contributed by atoms with E-state index < -0.39 is 6.09 Å². The maximum Gasteiger partial charge on any atom is 0.407 e. The first-order valence-corrected chi connectivity index (χ1v) is 7.59. The lowest BCUT2D eigenvalue weighted by atomic mass is 10.1. The van der Waals surface area contributed by atoms with Crippen molar-refractivity contribution in [2.45, 2.75) is 13.0 Å². The Bertz CT molecular complexity index is 711. The van der Waals surface area contributed by atoms with Crippen molar-refractivity contribution < 1.29 is 19.4 Å². The second kappa shape index (κ2) is 9.15. The number of rotatable bonds is 7. The zero-order valence-electron chi connectivity index (χ0n) is 13.1. The van der Waals surface area contributed by atoms with Gasteiger partial charge < -0.3 is 15.2 Å². The molecule has 0 aliphatic rings. The topological polar surface area (TPSA) is 75.6 Å². The van der Waals surface area contributed by atoms with Gasteiger partial charge in [-0.15, -0.1) is 0 Å². The van der Waals surface area contributed by atoms with Gasteiger partial charge in [-0.3, -0.25) is 4.79 Å². The lowest BCUT2D eigenvalue weighted by Gasteiger charge is -2.06. The average molecular weight is 325 g/mol. The fraction of sp³-hybridized carbons (Fsp3) is 0.158. The number of alkyl carbamates (subject to hydrolysis) is 1. The lowest BCUT2D eigenvalue weighted by molar-refractivity contribution is 0.112. The Morgan fingerprint density at radius 2 is 1.83 bits per heavy atom. The fourth-order valence-electron chi connectivity index (χ4n) is 2.05. The van der Waals surface area contributed by atoms with E-state index in [0.717, 1.165) is 5.56 Å². The molecule has 0 aromatic heterocycles. The van der Waals surface area contributed by atoms with Gasteiger partial charge in [0.05, 0.1) is 5.56 Å². The van der Waals surface area contributed by atoms with Gasteiger partial charge in [-0.25, -0.2) is 4.79 Å². The van der Waals surface area contributed by atoms with Crippen molar-refractivity contribution in [3.63, 3.8) is 0 Å². The van der Waals surface area contributed by atoms with E-state index in [1.54, 1.807) is 30.4 Å². The minimum absolute atomic E-state index is 0.0426. The highest BCUT2D eigenvalue weighted by molar-refractivity contribution is 5.82. The molecule has 5 heteroatoms. The van der Waals surface area contributed by atoms with Crippen molar-refractivity contribution >= 4 is 18.5 Å². The highest BCUT2D eigenvalue weighted by Gasteiger charge is 2.03. The van der Waals surface area contributed by atoms with E-state index in [0.29, 0.717) is 24.8 Å². The molecule has 24 heavy (non-hydrogen) atoms. The van der Waals surface area contributed by atoms with Gasteiger partial charge in [0, 0.05) is 12.1 Å². The molecule has 0 aliphatic carbocycles. The summed E-state index contributed by atoms with van der Waals surface area (Å²) in [7, 11) is 0. The van der Waals surface area contributed by atoms with Crippen LogP contribution in [0.15, 0.2) is 54.6 Å². The number of amides is 1. The molecule has 124 valence electrons. The molecule has 0 atom stereocenters. The number of nitrogens with one attached hydrogen (secondary N) is 1. The molecule has 0 bridgehead atoms. The predicted molar refractivity (Wildman–Crippen MR) is 91.8 cm³/mol. The molecule has 0 unspecified atom stereocenters. The number of phenols is 1. The summed E-state index contributed by atoms with van der Waals surface area (Å²) in [4.78, 5) is 22.3. The number of benzene rings is 2. The molecule has 0 fully saturated rings. The molecule has 2 aromatic carbocycles. The first kappa shape index (κ1) is 17.3. The maximum absolute atomic E-state index is 11.6. The van der Waals surface area contributed by atoms with Gasteiger partial charge in [0.25, 0.3) is 0 Å². The molecule has 0 radical (unpaired) electrons. The molecule has 0 saturated carbocycles. The van der Waals surface area contributed by atoms with Gasteiger partial charge in [-0.2, -0.15) is 0 Å². The normalized spacial score (nSPS) is 10.5. The average Bonchev–Trinajstić information content (AvgIpc) is 2.62. The zero-order valence-corrected chi connectivity index (χ0v) is 13.1. The molecular weight excluding hydrogens is 306 g/mol. The van der Waals surface area contributed by atoms with Crippen LogP contribution in [0, 0.1) is 0 Å². The van der Waals surface area contributed by atoms with E-state index in [4.69, 9.17) is 4.74 Å². The Labute approximate surface area is 140 Å². The van der Waals surface area contributed by atoms with Crippen LogP contribution in [0.1, 0.15) is 27.9 Å². The molecule has 0 saturated heterocycles. The predicted octanol–water partition coefficient (Wildman–Crippen LogP) is 3.53. The van der Waals surface area contributed by atoms with Crippen LogP contribution in [0.5, 0.6) is 5.75 Å². The Hall–Kier alpha value is -3.08. The number of aldehydes is 1. The molecule has 1 amide bonds. The van der Waals surface area contributed by atoms with Gasteiger partial charge in [0.15, 0.2) is 6.29 Å². The minimum Gasteiger partial charge on any atom is -0.507 e. The Kier molecular flexibility index (Phi) is 6.58. The number of phenolic OH excluding ortho intramolecular Hbond substituents is 1. The highest BCUT2D eigenvalue weighted by atomic mass is 16.5. The number of carbonyl (C=O) groups is 2. The number of carbonyl (C=O) groups excluding carboxylic acids is 2. The Balaban J connectivity index is 1.71. The van der Waals surface area contributed by atoms with E-state index in [2.05, 4.69) is 5.32 Å². The summed E-state index contributed by atoms with van der Waals surface area (Å²) < 4.78 is 5.09. The number of hydrogen-bond donors (Lipinski definition) is 2. The molecule has 5 nitrogen and oxygen atoms in total. The largest absolute Gasteiger partial charge is 0.507 e. The highest BCUT2D eigenvalue weighted by Crippen LogP contribution is 2.22. The summed E-state index contributed by atoms with van der Waals surface area (Å²) in [6.45, 7) is 0.646.